The van der Waals surface area contributed by atoms with Gasteiger partial charge in [0.15, 0.2) is 15.8 Å². The topological polar surface area (TPSA) is 70.6 Å². The van der Waals surface area contributed by atoms with Crippen LogP contribution in [0.1, 0.15) is 64.0 Å². The van der Waals surface area contributed by atoms with Crippen molar-refractivity contribution in [1.29, 1.82) is 0 Å². The van der Waals surface area contributed by atoms with Crippen molar-refractivity contribution in [2.75, 3.05) is 25.1 Å². The number of hydrogen-bond acceptors (Lipinski definition) is 3. The van der Waals surface area contributed by atoms with Crippen LogP contribution in [0.2, 0.25) is 0 Å². The molecular formula is C22H35N3O2S. The van der Waals surface area contributed by atoms with Crippen LogP contribution >= 0.6 is 0 Å². The Hall–Kier alpha value is -1.56. The molecule has 0 spiro atoms. The summed E-state index contributed by atoms with van der Waals surface area (Å²) in [7, 11) is -1.15. The van der Waals surface area contributed by atoms with Gasteiger partial charge < -0.3 is 10.6 Å². The highest BCUT2D eigenvalue weighted by Crippen LogP contribution is 2.41. The van der Waals surface area contributed by atoms with Gasteiger partial charge in [-0.05, 0) is 35.8 Å². The van der Waals surface area contributed by atoms with Gasteiger partial charge in [0, 0.05) is 25.0 Å². The van der Waals surface area contributed by atoms with E-state index in [9.17, 15) is 8.42 Å². The monoisotopic (exact) mass is 405 g/mol. The minimum atomic E-state index is -2.90. The average molecular weight is 406 g/mol. The van der Waals surface area contributed by atoms with Gasteiger partial charge in [0.2, 0.25) is 0 Å². The molecule has 2 N–H and O–H groups in total. The van der Waals surface area contributed by atoms with Crippen LogP contribution in [0.4, 0.5) is 0 Å². The summed E-state index contributed by atoms with van der Waals surface area (Å²) >= 11 is 0. The Morgan fingerprint density at radius 3 is 2.32 bits per heavy atom. The maximum absolute atomic E-state index is 11.7. The first-order valence-electron chi connectivity index (χ1n) is 10.4. The third-order valence-electron chi connectivity index (χ3n) is 6.32. The molecule has 6 heteroatoms. The largest absolute Gasteiger partial charge is 0.356 e. The Balaban J connectivity index is 1.68. The summed E-state index contributed by atoms with van der Waals surface area (Å²) in [5.74, 6) is 1.18. The van der Waals surface area contributed by atoms with Crippen molar-refractivity contribution in [2.45, 2.75) is 69.7 Å². The summed E-state index contributed by atoms with van der Waals surface area (Å²) in [4.78, 5) is 4.33. The number of benzene rings is 1. The fraction of sp³-hybridized carbons (Fsp3) is 0.682. The summed E-state index contributed by atoms with van der Waals surface area (Å²) in [5, 5.41) is 6.80. The molecule has 1 atom stereocenters. The van der Waals surface area contributed by atoms with E-state index in [1.165, 1.54) is 36.8 Å². The van der Waals surface area contributed by atoms with Gasteiger partial charge >= 0.3 is 0 Å². The molecule has 1 aromatic rings. The molecule has 156 valence electrons. The van der Waals surface area contributed by atoms with Crippen LogP contribution in [-0.2, 0) is 20.7 Å². The molecule has 1 saturated carbocycles. The summed E-state index contributed by atoms with van der Waals surface area (Å²) in [6.45, 7) is 7.55. The molecule has 0 bridgehead atoms. The number of rotatable bonds is 4. The molecule has 0 aromatic heterocycles. The van der Waals surface area contributed by atoms with Gasteiger partial charge in [0.05, 0.1) is 11.5 Å². The smallest absolute Gasteiger partial charge is 0.191 e. The maximum atomic E-state index is 11.7. The van der Waals surface area contributed by atoms with Crippen molar-refractivity contribution in [1.82, 2.24) is 10.6 Å². The Morgan fingerprint density at radius 1 is 1.18 bits per heavy atom. The first-order chi connectivity index (χ1) is 13.1. The van der Waals surface area contributed by atoms with Crippen molar-refractivity contribution in [3.05, 3.63) is 35.4 Å². The number of nitrogens with one attached hydrogen (secondary N) is 2. The number of hydrogen-bond donors (Lipinski definition) is 2. The lowest BCUT2D eigenvalue weighted by atomic mass is 9.77. The molecule has 0 amide bonds. The van der Waals surface area contributed by atoms with Gasteiger partial charge in [0.1, 0.15) is 0 Å². The van der Waals surface area contributed by atoms with Gasteiger partial charge in [-0.3, -0.25) is 4.99 Å². The third kappa shape index (κ3) is 4.88. The van der Waals surface area contributed by atoms with Crippen molar-refractivity contribution in [3.63, 3.8) is 0 Å². The van der Waals surface area contributed by atoms with Crippen molar-refractivity contribution >= 4 is 15.8 Å². The fourth-order valence-corrected chi connectivity index (χ4v) is 6.17. The molecule has 1 aromatic carbocycles. The second kappa shape index (κ2) is 8.05. The highest BCUT2D eigenvalue weighted by atomic mass is 32.2. The number of sulfone groups is 1. The van der Waals surface area contributed by atoms with E-state index in [4.69, 9.17) is 0 Å². The molecule has 1 aliphatic heterocycles. The second-order valence-corrected chi connectivity index (χ2v) is 11.7. The van der Waals surface area contributed by atoms with Gasteiger partial charge in [-0.15, -0.1) is 0 Å². The van der Waals surface area contributed by atoms with E-state index in [0.717, 1.165) is 6.54 Å². The Labute approximate surface area is 170 Å². The molecule has 5 nitrogen and oxygen atoms in total. The first-order valence-corrected chi connectivity index (χ1v) is 12.2. The summed E-state index contributed by atoms with van der Waals surface area (Å²) in [6.07, 6.45) is 5.49. The van der Waals surface area contributed by atoms with E-state index in [2.05, 4.69) is 60.7 Å². The lowest BCUT2D eigenvalue weighted by Crippen LogP contribution is -2.48. The second-order valence-electron chi connectivity index (χ2n) is 9.48. The fourth-order valence-electron chi connectivity index (χ4n) is 4.49. The minimum Gasteiger partial charge on any atom is -0.356 e. The van der Waals surface area contributed by atoms with E-state index in [0.29, 0.717) is 12.4 Å². The van der Waals surface area contributed by atoms with Crippen LogP contribution in [0, 0.1) is 0 Å². The van der Waals surface area contributed by atoms with Gasteiger partial charge in [-0.2, -0.15) is 0 Å². The highest BCUT2D eigenvalue weighted by Gasteiger charge is 2.36. The first kappa shape index (κ1) is 21.2. The van der Waals surface area contributed by atoms with Crippen LogP contribution in [-0.4, -0.2) is 45.5 Å². The number of aliphatic imine (C=N–C) groups is 1. The zero-order chi connectivity index (χ0) is 20.4. The Morgan fingerprint density at radius 2 is 1.82 bits per heavy atom. The quantitative estimate of drug-likeness (QED) is 0.596. The molecule has 1 saturated heterocycles. The van der Waals surface area contributed by atoms with E-state index in [1.807, 2.05) is 0 Å². The van der Waals surface area contributed by atoms with Gasteiger partial charge in [-0.1, -0.05) is 57.9 Å². The minimum absolute atomic E-state index is 0.0400. The van der Waals surface area contributed by atoms with Gasteiger partial charge in [0.25, 0.3) is 0 Å². The van der Waals surface area contributed by atoms with E-state index < -0.39 is 9.84 Å². The summed E-state index contributed by atoms with van der Waals surface area (Å²) < 4.78 is 23.4. The predicted molar refractivity (Wildman–Crippen MR) is 117 cm³/mol. The molecule has 2 aliphatic rings. The summed E-state index contributed by atoms with van der Waals surface area (Å²) in [5.41, 5.74) is 3.03. The zero-order valence-corrected chi connectivity index (χ0v) is 18.5. The van der Waals surface area contributed by atoms with E-state index in [-0.39, 0.29) is 28.4 Å². The van der Waals surface area contributed by atoms with Crippen molar-refractivity contribution in [2.24, 2.45) is 4.99 Å². The molecule has 1 unspecified atom stereocenters. The molecule has 1 aliphatic carbocycles. The van der Waals surface area contributed by atoms with Crippen LogP contribution in [0.15, 0.2) is 29.3 Å². The molecule has 0 radical (unpaired) electrons. The molecule has 1 heterocycles. The van der Waals surface area contributed by atoms with E-state index >= 15 is 0 Å². The van der Waals surface area contributed by atoms with Crippen LogP contribution in [0.5, 0.6) is 0 Å². The van der Waals surface area contributed by atoms with Crippen LogP contribution in [0.3, 0.4) is 0 Å². The lowest BCUT2D eigenvalue weighted by molar-refractivity contribution is 0.430. The molecule has 3 rings (SSSR count). The Kier molecular flexibility index (Phi) is 6.08. The van der Waals surface area contributed by atoms with E-state index in [1.54, 1.807) is 7.05 Å². The summed E-state index contributed by atoms with van der Waals surface area (Å²) in [6, 6.07) is 9.10. The predicted octanol–water partition coefficient (Wildman–Crippen LogP) is 3.15. The molecule has 2 fully saturated rings. The third-order valence-corrected chi connectivity index (χ3v) is 8.08. The standard InChI is InChI=1S/C22H35N3O2S/c1-21(2,3)17-7-9-18(10-8-17)22(12-5-6-13-22)16-24-20(23-4)25-19-11-14-28(26,27)15-19/h7-10,19H,5-6,11-16H2,1-4H3,(H2,23,24,25). The number of guanidine groups is 1. The molecule has 28 heavy (non-hydrogen) atoms. The normalized spacial score (nSPS) is 24.3. The maximum Gasteiger partial charge on any atom is 0.191 e. The van der Waals surface area contributed by atoms with Crippen LogP contribution in [0.25, 0.3) is 0 Å². The van der Waals surface area contributed by atoms with Crippen molar-refractivity contribution in [3.8, 4) is 0 Å². The van der Waals surface area contributed by atoms with Gasteiger partial charge in [-0.25, -0.2) is 8.42 Å². The zero-order valence-electron chi connectivity index (χ0n) is 17.7. The molecular weight excluding hydrogens is 370 g/mol. The Bertz CT molecular complexity index is 801. The lowest BCUT2D eigenvalue weighted by Gasteiger charge is -2.32. The highest BCUT2D eigenvalue weighted by molar-refractivity contribution is 7.91. The SMILES string of the molecule is CN=C(NCC1(c2ccc(C(C)(C)C)cc2)CCCC1)NC1CCS(=O)(=O)C1. The van der Waals surface area contributed by atoms with Crippen molar-refractivity contribution < 1.29 is 8.42 Å². The van der Waals surface area contributed by atoms with Crippen LogP contribution < -0.4 is 10.6 Å². The number of nitrogens with zero attached hydrogens (tertiary/aromatic N) is 1. The average Bonchev–Trinajstić information content (AvgIpc) is 3.25.